The number of hydrogen-bond acceptors (Lipinski definition) is 3. The number of amides is 1. The Morgan fingerprint density at radius 2 is 1.87 bits per heavy atom. The van der Waals surface area contributed by atoms with Crippen molar-refractivity contribution in [3.8, 4) is 0 Å². The normalized spacial score (nSPS) is 24.0. The monoisotopic (exact) mass is 352 g/mol. The van der Waals surface area contributed by atoms with Crippen molar-refractivity contribution in [1.82, 2.24) is 5.32 Å². The topological polar surface area (TPSA) is 55.4 Å². The van der Waals surface area contributed by atoms with Gasteiger partial charge in [-0.15, -0.1) is 0 Å². The first-order valence-corrected chi connectivity index (χ1v) is 11.5. The summed E-state index contributed by atoms with van der Waals surface area (Å²) in [5, 5.41) is 2.51. The van der Waals surface area contributed by atoms with Crippen LogP contribution in [0.4, 0.5) is 0 Å². The van der Waals surface area contributed by atoms with Gasteiger partial charge in [0.15, 0.2) is 0 Å². The van der Waals surface area contributed by atoms with Crippen molar-refractivity contribution >= 4 is 25.7 Å². The van der Waals surface area contributed by atoms with Crippen molar-refractivity contribution in [3.05, 3.63) is 30.3 Å². The molecule has 0 aromatic heterocycles. The van der Waals surface area contributed by atoms with E-state index < -0.39 is 19.8 Å². The molecule has 0 spiro atoms. The number of nitrogens with one attached hydrogen (secondary N) is 1. The quantitative estimate of drug-likeness (QED) is 0.633. The molecule has 1 saturated heterocycles. The molecule has 0 bridgehead atoms. The van der Waals surface area contributed by atoms with Gasteiger partial charge in [0.2, 0.25) is 14.9 Å². The number of carbonyl (C=O) groups is 1. The summed E-state index contributed by atoms with van der Waals surface area (Å²) in [5.41, 5.74) is -0.0844. The van der Waals surface area contributed by atoms with Gasteiger partial charge in [-0.3, -0.25) is 9.00 Å². The molecule has 1 fully saturated rings. The van der Waals surface area contributed by atoms with Gasteiger partial charge >= 0.3 is 0 Å². The zero-order valence-corrected chi connectivity index (χ0v) is 16.3. The third-order valence-corrected chi connectivity index (χ3v) is 6.57. The van der Waals surface area contributed by atoms with Crippen molar-refractivity contribution in [2.45, 2.75) is 44.1 Å². The standard InChI is InChI=1S/C17H26NO3SSi/c1-17(2,3)13(11-21-23(4)5)14-15(19)18-16(14)22(20)12-9-7-6-8-10-12/h6-10,13-14,16H,11H2,1-5H3,(H,18,19)/t13-,14+,16-,22?/m1/s1. The zero-order valence-electron chi connectivity index (χ0n) is 14.5. The second-order valence-electron chi connectivity index (χ2n) is 7.26. The van der Waals surface area contributed by atoms with E-state index in [-0.39, 0.29) is 28.5 Å². The average molecular weight is 353 g/mol. The smallest absolute Gasteiger partial charge is 0.227 e. The minimum absolute atomic E-state index is 0.0104. The molecule has 1 aliphatic rings. The van der Waals surface area contributed by atoms with Crippen LogP contribution in [0.25, 0.3) is 0 Å². The predicted molar refractivity (Wildman–Crippen MR) is 94.7 cm³/mol. The van der Waals surface area contributed by atoms with Gasteiger partial charge in [-0.1, -0.05) is 39.0 Å². The Kier molecular flexibility index (Phi) is 5.81. The number of rotatable bonds is 6. The lowest BCUT2D eigenvalue weighted by atomic mass is 9.71. The summed E-state index contributed by atoms with van der Waals surface area (Å²) in [7, 11) is -2.06. The third kappa shape index (κ3) is 4.31. The van der Waals surface area contributed by atoms with Gasteiger partial charge in [-0.2, -0.15) is 0 Å². The van der Waals surface area contributed by atoms with E-state index in [1.807, 2.05) is 30.3 Å². The lowest BCUT2D eigenvalue weighted by Crippen LogP contribution is -2.64. The SMILES string of the molecule is C[Si](C)OC[C@H]([C@H]1C(=O)N[C@@H]1S(=O)c1ccccc1)C(C)(C)C. The van der Waals surface area contributed by atoms with Gasteiger partial charge in [0.1, 0.15) is 5.37 Å². The van der Waals surface area contributed by atoms with Crippen molar-refractivity contribution in [1.29, 1.82) is 0 Å². The Bertz CT molecular complexity index is 571. The summed E-state index contributed by atoms with van der Waals surface area (Å²) >= 11 is 0. The van der Waals surface area contributed by atoms with E-state index >= 15 is 0 Å². The highest BCUT2D eigenvalue weighted by atomic mass is 32.2. The molecule has 1 radical (unpaired) electrons. The Morgan fingerprint density at radius 1 is 1.26 bits per heavy atom. The fourth-order valence-corrected chi connectivity index (χ4v) is 4.83. The van der Waals surface area contributed by atoms with Gasteiger partial charge in [0, 0.05) is 17.4 Å². The summed E-state index contributed by atoms with van der Waals surface area (Å²) in [5.74, 6) is -0.227. The molecule has 1 amide bonds. The largest absolute Gasteiger partial charge is 0.417 e. The highest BCUT2D eigenvalue weighted by molar-refractivity contribution is 7.85. The number of hydrogen-bond donors (Lipinski definition) is 1. The van der Waals surface area contributed by atoms with Crippen LogP contribution in [-0.4, -0.2) is 31.1 Å². The number of carbonyl (C=O) groups excluding carboxylic acids is 1. The molecule has 1 unspecified atom stereocenters. The zero-order chi connectivity index (χ0) is 17.2. The first-order valence-electron chi connectivity index (χ1n) is 7.91. The molecular weight excluding hydrogens is 326 g/mol. The fourth-order valence-electron chi connectivity index (χ4n) is 2.80. The second-order valence-corrected chi connectivity index (χ2v) is 10.9. The highest BCUT2D eigenvalue weighted by Crippen LogP contribution is 2.39. The lowest BCUT2D eigenvalue weighted by molar-refractivity contribution is -0.138. The van der Waals surface area contributed by atoms with Gasteiger partial charge in [-0.05, 0) is 30.6 Å². The Balaban J connectivity index is 2.20. The van der Waals surface area contributed by atoms with Crippen molar-refractivity contribution in [2.75, 3.05) is 6.61 Å². The first-order chi connectivity index (χ1) is 10.7. The molecule has 0 saturated carbocycles. The summed E-state index contributed by atoms with van der Waals surface area (Å²) < 4.78 is 18.7. The molecule has 1 aliphatic heterocycles. The highest BCUT2D eigenvalue weighted by Gasteiger charge is 2.51. The van der Waals surface area contributed by atoms with Crippen LogP contribution in [0.1, 0.15) is 20.8 Å². The third-order valence-electron chi connectivity index (χ3n) is 4.22. The minimum atomic E-state index is -1.24. The molecule has 0 aliphatic carbocycles. The van der Waals surface area contributed by atoms with E-state index in [1.165, 1.54) is 0 Å². The van der Waals surface area contributed by atoms with E-state index in [2.05, 4.69) is 39.2 Å². The van der Waals surface area contributed by atoms with Crippen LogP contribution in [0.15, 0.2) is 35.2 Å². The molecule has 4 atom stereocenters. The lowest BCUT2D eigenvalue weighted by Gasteiger charge is -2.45. The fraction of sp³-hybridized carbons (Fsp3) is 0.588. The molecule has 2 rings (SSSR count). The molecule has 1 N–H and O–H groups in total. The Labute approximate surface area is 143 Å². The molecule has 23 heavy (non-hydrogen) atoms. The Hall–Kier alpha value is -0.983. The maximum absolute atomic E-state index is 12.8. The minimum Gasteiger partial charge on any atom is -0.417 e. The van der Waals surface area contributed by atoms with Crippen LogP contribution in [0.2, 0.25) is 13.1 Å². The molecule has 4 nitrogen and oxygen atoms in total. The van der Waals surface area contributed by atoms with Crippen LogP contribution in [-0.2, 0) is 20.0 Å². The summed E-state index contributed by atoms with van der Waals surface area (Å²) in [6.45, 7) is 11.1. The molecular formula is C17H26NO3SSi. The van der Waals surface area contributed by atoms with Gasteiger partial charge in [0.05, 0.1) is 16.7 Å². The average Bonchev–Trinajstić information content (AvgIpc) is 2.47. The van der Waals surface area contributed by atoms with Gasteiger partial charge in [-0.25, -0.2) is 0 Å². The van der Waals surface area contributed by atoms with Crippen LogP contribution < -0.4 is 5.32 Å². The van der Waals surface area contributed by atoms with E-state index in [0.717, 1.165) is 4.90 Å². The number of benzene rings is 1. The van der Waals surface area contributed by atoms with Gasteiger partial charge < -0.3 is 9.74 Å². The maximum Gasteiger partial charge on any atom is 0.227 e. The molecule has 127 valence electrons. The Morgan fingerprint density at radius 3 is 2.35 bits per heavy atom. The van der Waals surface area contributed by atoms with Crippen LogP contribution in [0.5, 0.6) is 0 Å². The van der Waals surface area contributed by atoms with Crippen LogP contribution >= 0.6 is 0 Å². The first kappa shape index (κ1) is 18.4. The van der Waals surface area contributed by atoms with Gasteiger partial charge in [0.25, 0.3) is 0 Å². The van der Waals surface area contributed by atoms with Crippen molar-refractivity contribution in [3.63, 3.8) is 0 Å². The maximum atomic E-state index is 12.8. The van der Waals surface area contributed by atoms with E-state index in [0.29, 0.717) is 6.61 Å². The molecule has 1 heterocycles. The van der Waals surface area contributed by atoms with Crippen LogP contribution in [0.3, 0.4) is 0 Å². The van der Waals surface area contributed by atoms with E-state index in [4.69, 9.17) is 4.43 Å². The van der Waals surface area contributed by atoms with E-state index in [1.54, 1.807) is 0 Å². The molecule has 6 heteroatoms. The molecule has 1 aromatic rings. The van der Waals surface area contributed by atoms with Crippen molar-refractivity contribution < 1.29 is 13.4 Å². The van der Waals surface area contributed by atoms with Crippen molar-refractivity contribution in [2.24, 2.45) is 17.3 Å². The number of β-lactam (4-membered cyclic amide) rings is 1. The predicted octanol–water partition coefficient (Wildman–Crippen LogP) is 2.80. The summed E-state index contributed by atoms with van der Waals surface area (Å²) in [6.07, 6.45) is 0. The van der Waals surface area contributed by atoms with E-state index in [9.17, 15) is 9.00 Å². The molecule has 1 aromatic carbocycles. The summed E-state index contributed by atoms with van der Waals surface area (Å²) in [6, 6.07) is 9.33. The van der Waals surface area contributed by atoms with Crippen LogP contribution in [0, 0.1) is 17.3 Å². The second kappa shape index (κ2) is 7.28. The summed E-state index contributed by atoms with van der Waals surface area (Å²) in [4.78, 5) is 13.0.